The number of rotatable bonds is 3. The van der Waals surface area contributed by atoms with Crippen molar-refractivity contribution in [3.8, 4) is 11.5 Å². The maximum absolute atomic E-state index is 12.8. The number of hydrogen-bond donors (Lipinski definition) is 0. The zero-order valence-corrected chi connectivity index (χ0v) is 14.0. The van der Waals surface area contributed by atoms with Gasteiger partial charge in [0.25, 0.3) is 5.56 Å². The molecule has 0 aliphatic carbocycles. The van der Waals surface area contributed by atoms with Gasteiger partial charge in [-0.25, -0.2) is 9.38 Å². The molecule has 120 valence electrons. The van der Waals surface area contributed by atoms with Crippen molar-refractivity contribution in [2.75, 3.05) is 14.2 Å². The Balaban J connectivity index is 2.00. The van der Waals surface area contributed by atoms with Gasteiger partial charge >= 0.3 is 0 Å². The Labute approximate surface area is 141 Å². The number of imidazole rings is 1. The highest BCUT2D eigenvalue weighted by molar-refractivity contribution is 7.15. The molecule has 0 N–H and O–H groups in total. The first-order chi connectivity index (χ1) is 11.7. The highest BCUT2D eigenvalue weighted by Crippen LogP contribution is 2.32. The van der Waals surface area contributed by atoms with Crippen LogP contribution < -0.4 is 19.6 Å². The summed E-state index contributed by atoms with van der Waals surface area (Å²) in [6.45, 7) is 0. The van der Waals surface area contributed by atoms with E-state index in [2.05, 4.69) is 4.98 Å². The highest BCUT2D eigenvalue weighted by atomic mass is 32.1. The third kappa shape index (κ3) is 2.23. The van der Waals surface area contributed by atoms with Gasteiger partial charge in [-0.1, -0.05) is 41.7 Å². The van der Waals surface area contributed by atoms with Gasteiger partial charge in [-0.2, -0.15) is 0 Å². The standard InChI is InChI=1S/C18H14N2O3S/c1-22-14-9-12-13(10-15(14)23-2)20-17(21)16(24-18(20)19-12)8-11-6-4-3-5-7-11/h3-10H,1-2H3/b16-8-. The summed E-state index contributed by atoms with van der Waals surface area (Å²) in [6.07, 6.45) is 1.88. The number of methoxy groups -OCH3 is 2. The minimum Gasteiger partial charge on any atom is -0.493 e. The lowest BCUT2D eigenvalue weighted by molar-refractivity contribution is 0.355. The largest absolute Gasteiger partial charge is 0.493 e. The lowest BCUT2D eigenvalue weighted by atomic mass is 10.2. The Morgan fingerprint density at radius 2 is 1.79 bits per heavy atom. The van der Waals surface area contributed by atoms with Crippen LogP contribution in [-0.4, -0.2) is 23.6 Å². The summed E-state index contributed by atoms with van der Waals surface area (Å²) in [6, 6.07) is 13.3. The quantitative estimate of drug-likeness (QED) is 0.576. The van der Waals surface area contributed by atoms with Gasteiger partial charge in [0, 0.05) is 12.1 Å². The second-order valence-electron chi connectivity index (χ2n) is 5.25. The number of hydrogen-bond acceptors (Lipinski definition) is 5. The van der Waals surface area contributed by atoms with Crippen molar-refractivity contribution >= 4 is 33.4 Å². The van der Waals surface area contributed by atoms with E-state index in [4.69, 9.17) is 9.47 Å². The molecule has 0 fully saturated rings. The van der Waals surface area contributed by atoms with Gasteiger partial charge in [0.05, 0.1) is 29.8 Å². The first-order valence-corrected chi connectivity index (χ1v) is 8.16. The average molecular weight is 338 g/mol. The van der Waals surface area contributed by atoms with Crippen LogP contribution in [0.15, 0.2) is 47.3 Å². The van der Waals surface area contributed by atoms with E-state index in [0.29, 0.717) is 26.5 Å². The van der Waals surface area contributed by atoms with Crippen molar-refractivity contribution < 1.29 is 9.47 Å². The summed E-state index contributed by atoms with van der Waals surface area (Å²) in [5, 5.41) is 0. The zero-order chi connectivity index (χ0) is 16.7. The molecule has 4 aromatic rings. The summed E-state index contributed by atoms with van der Waals surface area (Å²) in [5.74, 6) is 1.17. The molecule has 0 saturated heterocycles. The van der Waals surface area contributed by atoms with Crippen LogP contribution in [0.5, 0.6) is 11.5 Å². The van der Waals surface area contributed by atoms with Gasteiger partial charge in [-0.05, 0) is 11.6 Å². The third-order valence-corrected chi connectivity index (χ3v) is 4.81. The minimum absolute atomic E-state index is 0.0754. The first-order valence-electron chi connectivity index (χ1n) is 7.35. The molecular formula is C18H14N2O3S. The molecule has 0 unspecified atom stereocenters. The Hall–Kier alpha value is -2.86. The van der Waals surface area contributed by atoms with Crippen molar-refractivity contribution in [2.45, 2.75) is 0 Å². The fourth-order valence-electron chi connectivity index (χ4n) is 2.69. The van der Waals surface area contributed by atoms with Gasteiger partial charge in [0.15, 0.2) is 16.5 Å². The Morgan fingerprint density at radius 3 is 2.50 bits per heavy atom. The Morgan fingerprint density at radius 1 is 1.08 bits per heavy atom. The molecule has 0 radical (unpaired) electrons. The van der Waals surface area contributed by atoms with E-state index in [9.17, 15) is 4.79 Å². The molecule has 2 aromatic carbocycles. The molecule has 6 heteroatoms. The molecule has 0 saturated carbocycles. The fourth-order valence-corrected chi connectivity index (χ4v) is 3.68. The Kier molecular flexibility index (Phi) is 3.46. The van der Waals surface area contributed by atoms with Crippen LogP contribution in [0.25, 0.3) is 22.1 Å². The molecule has 0 aliphatic rings. The van der Waals surface area contributed by atoms with E-state index in [1.54, 1.807) is 30.8 Å². The monoisotopic (exact) mass is 338 g/mol. The maximum atomic E-state index is 12.8. The molecule has 0 bridgehead atoms. The van der Waals surface area contributed by atoms with Gasteiger partial charge in [0.1, 0.15) is 0 Å². The van der Waals surface area contributed by atoms with Crippen LogP contribution in [0.4, 0.5) is 0 Å². The van der Waals surface area contributed by atoms with Crippen molar-refractivity contribution in [2.24, 2.45) is 0 Å². The highest BCUT2D eigenvalue weighted by Gasteiger charge is 2.15. The summed E-state index contributed by atoms with van der Waals surface area (Å²) in [5.41, 5.74) is 2.34. The van der Waals surface area contributed by atoms with E-state index >= 15 is 0 Å². The van der Waals surface area contributed by atoms with Gasteiger partial charge in [-0.3, -0.25) is 4.79 Å². The molecule has 24 heavy (non-hydrogen) atoms. The van der Waals surface area contributed by atoms with Crippen molar-refractivity contribution in [1.29, 1.82) is 0 Å². The normalized spacial score (nSPS) is 12.2. The number of ether oxygens (including phenoxy) is 2. The number of nitrogens with zero attached hydrogens (tertiary/aromatic N) is 2. The summed E-state index contributed by atoms with van der Waals surface area (Å²) in [7, 11) is 3.15. The van der Waals surface area contributed by atoms with Crippen LogP contribution in [0, 0.1) is 0 Å². The SMILES string of the molecule is COc1cc2nc3s/c(=C\c4ccccc4)c(=O)n3c2cc1OC. The second kappa shape index (κ2) is 5.65. The predicted molar refractivity (Wildman–Crippen MR) is 95.2 cm³/mol. The number of thiazole rings is 1. The molecule has 4 rings (SSSR count). The molecule has 2 heterocycles. The fraction of sp³-hybridized carbons (Fsp3) is 0.111. The van der Waals surface area contributed by atoms with Crippen LogP contribution in [0.1, 0.15) is 5.56 Å². The first kappa shape index (κ1) is 14.7. The molecule has 0 amide bonds. The van der Waals surface area contributed by atoms with Crippen LogP contribution >= 0.6 is 11.3 Å². The molecule has 5 nitrogen and oxygen atoms in total. The smallest absolute Gasteiger partial charge is 0.274 e. The van der Waals surface area contributed by atoms with Crippen LogP contribution in [-0.2, 0) is 0 Å². The van der Waals surface area contributed by atoms with Crippen molar-refractivity contribution in [1.82, 2.24) is 9.38 Å². The predicted octanol–water partition coefficient (Wildman–Crippen LogP) is 2.47. The van der Waals surface area contributed by atoms with Crippen molar-refractivity contribution in [3.05, 3.63) is 62.9 Å². The van der Waals surface area contributed by atoms with Crippen molar-refractivity contribution in [3.63, 3.8) is 0 Å². The number of fused-ring (bicyclic) bond motifs is 3. The van der Waals surface area contributed by atoms with Gasteiger partial charge in [0.2, 0.25) is 0 Å². The number of aromatic nitrogens is 2. The maximum Gasteiger partial charge on any atom is 0.274 e. The minimum atomic E-state index is -0.0754. The van der Waals surface area contributed by atoms with E-state index in [0.717, 1.165) is 11.1 Å². The second-order valence-corrected chi connectivity index (χ2v) is 6.26. The molecular weight excluding hydrogens is 324 g/mol. The van der Waals surface area contributed by atoms with Gasteiger partial charge < -0.3 is 9.47 Å². The number of benzene rings is 2. The summed E-state index contributed by atoms with van der Waals surface area (Å²) < 4.78 is 12.9. The van der Waals surface area contributed by atoms with Gasteiger partial charge in [-0.15, -0.1) is 0 Å². The Bertz CT molecular complexity index is 1150. The zero-order valence-electron chi connectivity index (χ0n) is 13.1. The van der Waals surface area contributed by atoms with E-state index in [1.807, 2.05) is 36.4 Å². The molecule has 0 aliphatic heterocycles. The third-order valence-electron chi connectivity index (χ3n) is 3.84. The van der Waals surface area contributed by atoms with Crippen LogP contribution in [0.3, 0.4) is 0 Å². The topological polar surface area (TPSA) is 52.8 Å². The van der Waals surface area contributed by atoms with Crippen LogP contribution in [0.2, 0.25) is 0 Å². The van der Waals surface area contributed by atoms with E-state index < -0.39 is 0 Å². The van der Waals surface area contributed by atoms with E-state index in [-0.39, 0.29) is 5.56 Å². The lowest BCUT2D eigenvalue weighted by Gasteiger charge is -2.06. The lowest BCUT2D eigenvalue weighted by Crippen LogP contribution is -2.22. The van der Waals surface area contributed by atoms with E-state index in [1.165, 1.54) is 11.3 Å². The summed E-state index contributed by atoms with van der Waals surface area (Å²) in [4.78, 5) is 18.0. The molecule has 0 spiro atoms. The molecule has 0 atom stereocenters. The average Bonchev–Trinajstić information content (AvgIpc) is 3.10. The molecule has 2 aromatic heterocycles. The summed E-state index contributed by atoms with van der Waals surface area (Å²) >= 11 is 1.37.